The Balaban J connectivity index is 2.31. The normalized spacial score (nSPS) is 12.9. The largest absolute Gasteiger partial charge is 0.352 e. The minimum atomic E-state index is -0.564. The minimum absolute atomic E-state index is 0.0468. The maximum atomic E-state index is 13.3. The number of hydrogen-bond donors (Lipinski definition) is 1. The number of carbonyl (C=O) groups excluding carboxylic acids is 2. The average molecular weight is 449 g/mol. The van der Waals surface area contributed by atoms with Crippen LogP contribution in [0.25, 0.3) is 0 Å². The number of nitrogens with zero attached hydrogens (tertiary/aromatic N) is 1. The highest BCUT2D eigenvalue weighted by Gasteiger charge is 2.29. The van der Waals surface area contributed by atoms with Crippen LogP contribution in [0, 0.1) is 6.92 Å². The van der Waals surface area contributed by atoms with E-state index in [0.717, 1.165) is 23.1 Å². The van der Waals surface area contributed by atoms with Crippen LogP contribution in [0.1, 0.15) is 50.3 Å². The summed E-state index contributed by atoms with van der Waals surface area (Å²) >= 11 is 12.2. The van der Waals surface area contributed by atoms with Crippen LogP contribution in [-0.4, -0.2) is 28.8 Å². The molecule has 4 nitrogen and oxygen atoms in total. The molecule has 0 saturated heterocycles. The second-order valence-electron chi connectivity index (χ2n) is 7.67. The lowest BCUT2D eigenvalue weighted by Crippen LogP contribution is -2.51. The van der Waals surface area contributed by atoms with Crippen LogP contribution in [0.2, 0.25) is 10.0 Å². The number of nitrogens with one attached hydrogen (secondary N) is 1. The van der Waals surface area contributed by atoms with Crippen molar-refractivity contribution in [3.05, 3.63) is 69.2 Å². The van der Waals surface area contributed by atoms with Crippen molar-refractivity contribution in [3.63, 3.8) is 0 Å². The fraction of sp³-hybridized carbons (Fsp3) is 0.417. The molecule has 2 aromatic rings. The lowest BCUT2D eigenvalue weighted by atomic mass is 10.1. The lowest BCUT2D eigenvalue weighted by molar-refractivity contribution is -0.141. The van der Waals surface area contributed by atoms with Crippen molar-refractivity contribution in [1.82, 2.24) is 10.2 Å². The zero-order valence-corrected chi connectivity index (χ0v) is 19.6. The highest BCUT2D eigenvalue weighted by Crippen LogP contribution is 2.24. The van der Waals surface area contributed by atoms with E-state index in [4.69, 9.17) is 23.2 Å². The number of halogens is 2. The first-order chi connectivity index (χ1) is 14.2. The molecule has 0 saturated carbocycles. The van der Waals surface area contributed by atoms with Gasteiger partial charge in [-0.05, 0) is 49.9 Å². The first-order valence-corrected chi connectivity index (χ1v) is 11.1. The summed E-state index contributed by atoms with van der Waals surface area (Å²) in [5.74, 6) is -0.236. The Labute approximate surface area is 189 Å². The summed E-state index contributed by atoms with van der Waals surface area (Å²) in [5.41, 5.74) is 2.89. The van der Waals surface area contributed by atoms with Crippen molar-refractivity contribution in [3.8, 4) is 0 Å². The standard InChI is InChI=1S/C24H30Cl2N2O2/c1-5-17(4)27-24(30)22(6-2)28(15-19-11-12-20(25)21(26)13-19)23(29)14-18-9-7-16(3)8-10-18/h7-13,17,22H,5-6,14-15H2,1-4H3,(H,27,30)/t17-,22-/m0/s1. The second kappa shape index (κ2) is 11.4. The van der Waals surface area contributed by atoms with Crippen molar-refractivity contribution in [2.45, 2.75) is 65.6 Å². The minimum Gasteiger partial charge on any atom is -0.352 e. The maximum absolute atomic E-state index is 13.3. The van der Waals surface area contributed by atoms with Crippen LogP contribution >= 0.6 is 23.2 Å². The fourth-order valence-electron chi connectivity index (χ4n) is 3.18. The zero-order valence-electron chi connectivity index (χ0n) is 18.0. The van der Waals surface area contributed by atoms with Crippen molar-refractivity contribution < 1.29 is 9.59 Å². The predicted octanol–water partition coefficient (Wildman–Crippen LogP) is 5.57. The highest BCUT2D eigenvalue weighted by molar-refractivity contribution is 6.42. The van der Waals surface area contributed by atoms with Gasteiger partial charge in [-0.2, -0.15) is 0 Å². The van der Waals surface area contributed by atoms with E-state index in [-0.39, 0.29) is 30.8 Å². The van der Waals surface area contributed by atoms with Crippen LogP contribution in [-0.2, 0) is 22.6 Å². The second-order valence-corrected chi connectivity index (χ2v) is 8.49. The molecule has 2 amide bonds. The van der Waals surface area contributed by atoms with Gasteiger partial charge in [0.2, 0.25) is 11.8 Å². The monoisotopic (exact) mass is 448 g/mol. The first kappa shape index (κ1) is 24.2. The van der Waals surface area contributed by atoms with Gasteiger partial charge in [0.05, 0.1) is 16.5 Å². The van der Waals surface area contributed by atoms with Gasteiger partial charge in [-0.15, -0.1) is 0 Å². The molecule has 0 aliphatic rings. The zero-order chi connectivity index (χ0) is 22.3. The van der Waals surface area contributed by atoms with Crippen LogP contribution in [0.4, 0.5) is 0 Å². The molecule has 2 rings (SSSR count). The molecular formula is C24H30Cl2N2O2. The topological polar surface area (TPSA) is 49.4 Å². The van der Waals surface area contributed by atoms with Crippen molar-refractivity contribution in [1.29, 1.82) is 0 Å². The summed E-state index contributed by atoms with van der Waals surface area (Å²) in [7, 11) is 0. The van der Waals surface area contributed by atoms with Crippen LogP contribution in [0.15, 0.2) is 42.5 Å². The summed E-state index contributed by atoms with van der Waals surface area (Å²) < 4.78 is 0. The molecule has 0 aliphatic heterocycles. The first-order valence-electron chi connectivity index (χ1n) is 10.3. The van der Waals surface area contributed by atoms with E-state index in [1.54, 1.807) is 17.0 Å². The molecule has 30 heavy (non-hydrogen) atoms. The van der Waals surface area contributed by atoms with Crippen LogP contribution in [0.3, 0.4) is 0 Å². The highest BCUT2D eigenvalue weighted by atomic mass is 35.5. The van der Waals surface area contributed by atoms with Gasteiger partial charge < -0.3 is 10.2 Å². The molecule has 0 aliphatic carbocycles. The molecule has 162 valence electrons. The molecule has 1 N–H and O–H groups in total. The van der Waals surface area contributed by atoms with Gasteiger partial charge >= 0.3 is 0 Å². The number of rotatable bonds is 9. The van der Waals surface area contributed by atoms with E-state index in [1.807, 2.05) is 58.0 Å². The van der Waals surface area contributed by atoms with Crippen molar-refractivity contribution in [2.75, 3.05) is 0 Å². The van der Waals surface area contributed by atoms with E-state index >= 15 is 0 Å². The van der Waals surface area contributed by atoms with E-state index in [9.17, 15) is 9.59 Å². The summed E-state index contributed by atoms with van der Waals surface area (Å²) in [4.78, 5) is 27.9. The molecule has 0 heterocycles. The summed E-state index contributed by atoms with van der Waals surface area (Å²) in [5, 5.41) is 3.90. The van der Waals surface area contributed by atoms with Gasteiger partial charge in [0.25, 0.3) is 0 Å². The van der Waals surface area contributed by atoms with Gasteiger partial charge in [-0.25, -0.2) is 0 Å². The average Bonchev–Trinajstić information content (AvgIpc) is 2.72. The van der Waals surface area contributed by atoms with Gasteiger partial charge in [-0.3, -0.25) is 9.59 Å². The molecule has 0 aromatic heterocycles. The molecule has 2 aromatic carbocycles. The van der Waals surface area contributed by atoms with E-state index < -0.39 is 6.04 Å². The van der Waals surface area contributed by atoms with E-state index in [0.29, 0.717) is 16.5 Å². The summed E-state index contributed by atoms with van der Waals surface area (Å²) in [6, 6.07) is 12.6. The van der Waals surface area contributed by atoms with Crippen molar-refractivity contribution >= 4 is 35.0 Å². The van der Waals surface area contributed by atoms with Crippen LogP contribution < -0.4 is 5.32 Å². The number of hydrogen-bond acceptors (Lipinski definition) is 2. The predicted molar refractivity (Wildman–Crippen MR) is 124 cm³/mol. The third kappa shape index (κ3) is 6.75. The Morgan fingerprint density at radius 3 is 2.17 bits per heavy atom. The van der Waals surface area contributed by atoms with Gasteiger partial charge in [0.1, 0.15) is 6.04 Å². The quantitative estimate of drug-likeness (QED) is 0.545. The molecule has 0 unspecified atom stereocenters. The van der Waals surface area contributed by atoms with Crippen molar-refractivity contribution in [2.24, 2.45) is 0 Å². The SMILES string of the molecule is CC[C@H](C)NC(=O)[C@H](CC)N(Cc1ccc(Cl)c(Cl)c1)C(=O)Cc1ccc(C)cc1. The Morgan fingerprint density at radius 2 is 1.60 bits per heavy atom. The molecule has 2 atom stereocenters. The van der Waals surface area contributed by atoms with E-state index in [2.05, 4.69) is 5.32 Å². The maximum Gasteiger partial charge on any atom is 0.243 e. The fourth-order valence-corrected chi connectivity index (χ4v) is 3.50. The number of aryl methyl sites for hydroxylation is 1. The van der Waals surface area contributed by atoms with Gasteiger partial charge in [-0.1, -0.05) is 72.9 Å². The molecule has 6 heteroatoms. The molecular weight excluding hydrogens is 419 g/mol. The Hall–Kier alpha value is -2.04. The Bertz CT molecular complexity index is 868. The summed E-state index contributed by atoms with van der Waals surface area (Å²) in [6.45, 7) is 8.19. The molecule has 0 spiro atoms. The number of benzene rings is 2. The van der Waals surface area contributed by atoms with Gasteiger partial charge in [0.15, 0.2) is 0 Å². The molecule has 0 radical (unpaired) electrons. The molecule has 0 bridgehead atoms. The molecule has 0 fully saturated rings. The number of carbonyl (C=O) groups is 2. The van der Waals surface area contributed by atoms with Crippen LogP contribution in [0.5, 0.6) is 0 Å². The third-order valence-corrected chi connectivity index (χ3v) is 5.94. The Morgan fingerprint density at radius 1 is 0.967 bits per heavy atom. The lowest BCUT2D eigenvalue weighted by Gasteiger charge is -2.31. The number of amides is 2. The Kier molecular flexibility index (Phi) is 9.19. The summed E-state index contributed by atoms with van der Waals surface area (Å²) in [6.07, 6.45) is 1.57. The third-order valence-electron chi connectivity index (χ3n) is 5.20. The van der Waals surface area contributed by atoms with Gasteiger partial charge in [0, 0.05) is 12.6 Å². The smallest absolute Gasteiger partial charge is 0.243 e. The van der Waals surface area contributed by atoms with E-state index in [1.165, 1.54) is 0 Å².